The van der Waals surface area contributed by atoms with Gasteiger partial charge in [0.2, 0.25) is 0 Å². The van der Waals surface area contributed by atoms with Gasteiger partial charge in [-0.25, -0.2) is 4.39 Å². The molecule has 32 heavy (non-hydrogen) atoms. The fourth-order valence-corrected chi connectivity index (χ4v) is 7.35. The highest BCUT2D eigenvalue weighted by molar-refractivity contribution is 5.30. The molecule has 3 saturated carbocycles. The van der Waals surface area contributed by atoms with E-state index in [1.165, 1.54) is 108 Å². The first-order chi connectivity index (χ1) is 15.7. The summed E-state index contributed by atoms with van der Waals surface area (Å²) < 4.78 is 15.2. The van der Waals surface area contributed by atoms with Crippen LogP contribution in [0.15, 0.2) is 30.9 Å². The highest BCUT2D eigenvalue weighted by Gasteiger charge is 2.32. The fourth-order valence-electron chi connectivity index (χ4n) is 7.35. The topological polar surface area (TPSA) is 0 Å². The van der Waals surface area contributed by atoms with Crippen LogP contribution in [0.5, 0.6) is 0 Å². The lowest BCUT2D eigenvalue weighted by Gasteiger charge is -2.37. The smallest absolute Gasteiger partial charge is 0.126 e. The van der Waals surface area contributed by atoms with Gasteiger partial charge >= 0.3 is 0 Å². The van der Waals surface area contributed by atoms with E-state index >= 15 is 4.39 Å². The second kappa shape index (κ2) is 11.8. The van der Waals surface area contributed by atoms with Crippen molar-refractivity contribution in [3.63, 3.8) is 0 Å². The Morgan fingerprint density at radius 1 is 0.812 bits per heavy atom. The monoisotopic (exact) mass is 438 g/mol. The molecule has 0 radical (unpaired) electrons. The minimum absolute atomic E-state index is 0.0857. The van der Waals surface area contributed by atoms with E-state index in [9.17, 15) is 0 Å². The summed E-state index contributed by atoms with van der Waals surface area (Å²) in [5.41, 5.74) is 2.28. The van der Waals surface area contributed by atoms with Crippen molar-refractivity contribution in [2.24, 2.45) is 23.7 Å². The van der Waals surface area contributed by atoms with Gasteiger partial charge in [0.1, 0.15) is 5.82 Å². The van der Waals surface area contributed by atoms with Gasteiger partial charge in [0.15, 0.2) is 0 Å². The predicted molar refractivity (Wildman–Crippen MR) is 136 cm³/mol. The standard InChI is InChI=1S/C31H47F/c1-3-5-6-7-24-10-14-27(15-11-24)29-20-21-30(31(32)22-29)28-18-16-26(17-19-28)25-12-8-23(4-2)9-13-25/h4,20-28H,2-3,5-19H2,1H3. The van der Waals surface area contributed by atoms with Crippen LogP contribution in [-0.4, -0.2) is 0 Å². The van der Waals surface area contributed by atoms with E-state index in [1.807, 2.05) is 6.07 Å². The van der Waals surface area contributed by atoms with Crippen LogP contribution in [0, 0.1) is 29.5 Å². The lowest BCUT2D eigenvalue weighted by Crippen LogP contribution is -2.25. The molecule has 0 atom stereocenters. The molecule has 0 aromatic heterocycles. The van der Waals surface area contributed by atoms with Crippen LogP contribution >= 0.6 is 0 Å². The Kier molecular flexibility index (Phi) is 8.90. The minimum atomic E-state index is 0.0857. The molecular formula is C31H47F. The van der Waals surface area contributed by atoms with Crippen molar-refractivity contribution in [3.8, 4) is 0 Å². The normalized spacial score (nSPS) is 33.7. The Morgan fingerprint density at radius 3 is 2.03 bits per heavy atom. The van der Waals surface area contributed by atoms with Crippen LogP contribution in [0.3, 0.4) is 0 Å². The lowest BCUT2D eigenvalue weighted by atomic mass is 9.68. The zero-order chi connectivity index (χ0) is 22.3. The molecule has 0 aliphatic heterocycles. The van der Waals surface area contributed by atoms with Crippen molar-refractivity contribution in [1.82, 2.24) is 0 Å². The second-order valence-corrected chi connectivity index (χ2v) is 11.5. The quantitative estimate of drug-likeness (QED) is 0.280. The Bertz CT molecular complexity index is 697. The van der Waals surface area contributed by atoms with Crippen LogP contribution in [0.2, 0.25) is 0 Å². The zero-order valence-electron chi connectivity index (χ0n) is 20.7. The zero-order valence-corrected chi connectivity index (χ0v) is 20.7. The molecular weight excluding hydrogens is 391 g/mol. The summed E-state index contributed by atoms with van der Waals surface area (Å²) >= 11 is 0. The molecule has 0 unspecified atom stereocenters. The van der Waals surface area contributed by atoms with E-state index in [-0.39, 0.29) is 5.82 Å². The first kappa shape index (κ1) is 24.0. The van der Waals surface area contributed by atoms with E-state index in [4.69, 9.17) is 0 Å². The van der Waals surface area contributed by atoms with Gasteiger partial charge in [0, 0.05) is 0 Å². The number of halogens is 1. The van der Waals surface area contributed by atoms with E-state index in [2.05, 4.69) is 31.7 Å². The number of unbranched alkanes of at least 4 members (excludes halogenated alkanes) is 2. The molecule has 0 saturated heterocycles. The second-order valence-electron chi connectivity index (χ2n) is 11.5. The number of allylic oxidation sites excluding steroid dienone is 1. The molecule has 3 aliphatic rings. The Morgan fingerprint density at radius 2 is 1.44 bits per heavy atom. The minimum Gasteiger partial charge on any atom is -0.207 e. The summed E-state index contributed by atoms with van der Waals surface area (Å²) in [6.45, 7) is 6.28. The number of hydrogen-bond donors (Lipinski definition) is 0. The molecule has 3 fully saturated rings. The summed E-state index contributed by atoms with van der Waals surface area (Å²) in [6, 6.07) is 6.36. The largest absolute Gasteiger partial charge is 0.207 e. The van der Waals surface area contributed by atoms with Gasteiger partial charge < -0.3 is 0 Å². The van der Waals surface area contributed by atoms with Gasteiger partial charge in [0.05, 0.1) is 0 Å². The highest BCUT2D eigenvalue weighted by Crippen LogP contribution is 2.45. The molecule has 0 nitrogen and oxygen atoms in total. The van der Waals surface area contributed by atoms with Crippen molar-refractivity contribution in [2.75, 3.05) is 0 Å². The molecule has 1 aromatic carbocycles. The van der Waals surface area contributed by atoms with Crippen molar-refractivity contribution in [2.45, 2.75) is 121 Å². The Balaban J connectivity index is 1.26. The number of benzene rings is 1. The van der Waals surface area contributed by atoms with E-state index in [0.29, 0.717) is 11.8 Å². The Labute approximate surface area is 197 Å². The van der Waals surface area contributed by atoms with E-state index < -0.39 is 0 Å². The molecule has 0 heterocycles. The molecule has 178 valence electrons. The first-order valence-electron chi connectivity index (χ1n) is 14.1. The maximum atomic E-state index is 15.2. The maximum absolute atomic E-state index is 15.2. The van der Waals surface area contributed by atoms with Crippen LogP contribution in [-0.2, 0) is 0 Å². The third-order valence-electron chi connectivity index (χ3n) is 9.59. The van der Waals surface area contributed by atoms with Crippen LogP contribution < -0.4 is 0 Å². The fraction of sp³-hybridized carbons (Fsp3) is 0.742. The molecule has 0 bridgehead atoms. The molecule has 0 amide bonds. The number of rotatable bonds is 8. The van der Waals surface area contributed by atoms with Gasteiger partial charge in [-0.05, 0) is 130 Å². The van der Waals surface area contributed by atoms with Gasteiger partial charge in [0.25, 0.3) is 0 Å². The summed E-state index contributed by atoms with van der Waals surface area (Å²) in [7, 11) is 0. The van der Waals surface area contributed by atoms with Crippen LogP contribution in [0.4, 0.5) is 4.39 Å². The van der Waals surface area contributed by atoms with Crippen LogP contribution in [0.25, 0.3) is 0 Å². The molecule has 0 spiro atoms. The molecule has 3 aliphatic carbocycles. The Hall–Kier alpha value is -1.11. The number of hydrogen-bond acceptors (Lipinski definition) is 0. The van der Waals surface area contributed by atoms with Crippen molar-refractivity contribution in [3.05, 3.63) is 47.8 Å². The maximum Gasteiger partial charge on any atom is 0.126 e. The third kappa shape index (κ3) is 6.06. The highest BCUT2D eigenvalue weighted by atomic mass is 19.1. The van der Waals surface area contributed by atoms with E-state index in [1.54, 1.807) is 0 Å². The average molecular weight is 439 g/mol. The molecule has 1 aromatic rings. The molecule has 0 N–H and O–H groups in total. The van der Waals surface area contributed by atoms with Crippen molar-refractivity contribution in [1.29, 1.82) is 0 Å². The van der Waals surface area contributed by atoms with Gasteiger partial charge in [-0.3, -0.25) is 0 Å². The summed E-state index contributed by atoms with van der Waals surface area (Å²) in [4.78, 5) is 0. The summed E-state index contributed by atoms with van der Waals surface area (Å²) in [5, 5.41) is 0. The predicted octanol–water partition coefficient (Wildman–Crippen LogP) is 9.95. The first-order valence-corrected chi connectivity index (χ1v) is 14.1. The molecule has 4 rings (SSSR count). The van der Waals surface area contributed by atoms with Gasteiger partial charge in [-0.2, -0.15) is 0 Å². The third-order valence-corrected chi connectivity index (χ3v) is 9.59. The SMILES string of the molecule is C=CC1CCC(C2CCC(c3ccc(C4CCC(CCCCC)CC4)cc3F)CC2)CC1. The van der Waals surface area contributed by atoms with Crippen LogP contribution in [0.1, 0.15) is 133 Å². The summed E-state index contributed by atoms with van der Waals surface area (Å²) in [6.07, 6.45) is 23.3. The van der Waals surface area contributed by atoms with Crippen molar-refractivity contribution < 1.29 is 4.39 Å². The van der Waals surface area contributed by atoms with E-state index in [0.717, 1.165) is 29.2 Å². The molecule has 1 heteroatoms. The van der Waals surface area contributed by atoms with Gasteiger partial charge in [-0.15, -0.1) is 6.58 Å². The average Bonchev–Trinajstić information content (AvgIpc) is 2.85. The van der Waals surface area contributed by atoms with Gasteiger partial charge in [-0.1, -0.05) is 50.8 Å². The van der Waals surface area contributed by atoms with Crippen molar-refractivity contribution >= 4 is 0 Å². The summed E-state index contributed by atoms with van der Waals surface area (Å²) in [5.74, 6) is 4.59. The lowest BCUT2D eigenvalue weighted by molar-refractivity contribution is 0.171.